The average Bonchev–Trinajstić information content (AvgIpc) is 3.36. The van der Waals surface area contributed by atoms with Crippen molar-refractivity contribution in [2.24, 2.45) is 0 Å². The minimum atomic E-state index is -0.305. The van der Waals surface area contributed by atoms with Gasteiger partial charge in [0.1, 0.15) is 11.5 Å². The fraction of sp³-hybridized carbons (Fsp3) is 0.280. The van der Waals surface area contributed by atoms with Gasteiger partial charge in [-0.25, -0.2) is 9.67 Å². The number of amides is 2. The Morgan fingerprint density at radius 3 is 2.53 bits per heavy atom. The zero-order chi connectivity index (χ0) is 24.6. The summed E-state index contributed by atoms with van der Waals surface area (Å²) in [4.78, 5) is 32.8. The molecule has 0 unspecified atom stereocenters. The Kier molecular flexibility index (Phi) is 6.47. The third-order valence-corrected chi connectivity index (χ3v) is 6.43. The highest BCUT2D eigenvalue weighted by atomic mass is 32.2. The van der Waals surface area contributed by atoms with Crippen LogP contribution in [0.25, 0.3) is 22.3 Å². The van der Waals surface area contributed by atoms with Gasteiger partial charge in [0.15, 0.2) is 5.65 Å². The molecular formula is C25H27N5O3S. The number of aryl methyl sites for hydroxylation is 2. The Hall–Kier alpha value is -3.59. The van der Waals surface area contributed by atoms with Crippen LogP contribution in [-0.2, 0) is 0 Å². The average molecular weight is 478 g/mol. The van der Waals surface area contributed by atoms with Gasteiger partial charge in [0.2, 0.25) is 0 Å². The van der Waals surface area contributed by atoms with Crippen molar-refractivity contribution in [3.8, 4) is 11.3 Å². The van der Waals surface area contributed by atoms with Gasteiger partial charge >= 0.3 is 0 Å². The van der Waals surface area contributed by atoms with Crippen LogP contribution in [0.15, 0.2) is 51.9 Å². The van der Waals surface area contributed by atoms with Crippen LogP contribution in [-0.4, -0.2) is 44.9 Å². The molecule has 176 valence electrons. The molecule has 0 radical (unpaired) electrons. The monoisotopic (exact) mass is 477 g/mol. The van der Waals surface area contributed by atoms with E-state index in [0.717, 1.165) is 28.8 Å². The molecular weight excluding hydrogens is 450 g/mol. The van der Waals surface area contributed by atoms with Gasteiger partial charge in [-0.15, -0.1) is 0 Å². The Morgan fingerprint density at radius 2 is 1.88 bits per heavy atom. The van der Waals surface area contributed by atoms with E-state index >= 15 is 0 Å². The molecule has 0 aliphatic carbocycles. The number of anilines is 1. The van der Waals surface area contributed by atoms with E-state index in [0.29, 0.717) is 32.9 Å². The SMILES string of the molecule is Cc1cc(-c2cc(C(=O)Nc3ccccc3SC(=O)N(C)C)c3cnn(C(C)C)c3n2)c(C)o1. The van der Waals surface area contributed by atoms with Crippen LogP contribution in [0.4, 0.5) is 10.5 Å². The number of furan rings is 1. The maximum Gasteiger partial charge on any atom is 0.286 e. The number of nitrogens with zero attached hydrogens (tertiary/aromatic N) is 4. The minimum Gasteiger partial charge on any atom is -0.466 e. The second-order valence-corrected chi connectivity index (χ2v) is 9.51. The Labute approximate surface area is 202 Å². The van der Waals surface area contributed by atoms with Crippen molar-refractivity contribution in [1.82, 2.24) is 19.7 Å². The summed E-state index contributed by atoms with van der Waals surface area (Å²) in [5.41, 5.74) is 3.10. The molecule has 4 aromatic rings. The Morgan fingerprint density at radius 1 is 1.15 bits per heavy atom. The number of para-hydroxylation sites is 1. The summed E-state index contributed by atoms with van der Waals surface area (Å²) < 4.78 is 7.51. The van der Waals surface area contributed by atoms with Crippen molar-refractivity contribution in [3.05, 3.63) is 59.7 Å². The van der Waals surface area contributed by atoms with Crippen LogP contribution in [0.5, 0.6) is 0 Å². The number of nitrogens with one attached hydrogen (secondary N) is 1. The fourth-order valence-corrected chi connectivity index (χ4v) is 4.39. The lowest BCUT2D eigenvalue weighted by molar-refractivity contribution is 0.102. The summed E-state index contributed by atoms with van der Waals surface area (Å²) in [5.74, 6) is 1.20. The molecule has 9 heteroatoms. The molecule has 0 aliphatic rings. The molecule has 0 aliphatic heterocycles. The number of carbonyl (C=O) groups excluding carboxylic acids is 2. The molecule has 1 N–H and O–H groups in total. The molecule has 2 amide bonds. The topological polar surface area (TPSA) is 93.3 Å². The van der Waals surface area contributed by atoms with Gasteiger partial charge in [-0.1, -0.05) is 12.1 Å². The van der Waals surface area contributed by atoms with E-state index < -0.39 is 0 Å². The summed E-state index contributed by atoms with van der Waals surface area (Å²) in [6, 6.07) is 11.0. The first-order valence-corrected chi connectivity index (χ1v) is 11.7. The number of hydrogen-bond acceptors (Lipinski definition) is 6. The van der Waals surface area contributed by atoms with Gasteiger partial charge in [-0.2, -0.15) is 5.10 Å². The highest BCUT2D eigenvalue weighted by molar-refractivity contribution is 8.13. The van der Waals surface area contributed by atoms with Crippen molar-refractivity contribution in [3.63, 3.8) is 0 Å². The minimum absolute atomic E-state index is 0.0671. The van der Waals surface area contributed by atoms with Crippen LogP contribution < -0.4 is 5.32 Å². The van der Waals surface area contributed by atoms with Gasteiger partial charge in [0.25, 0.3) is 11.1 Å². The number of thioether (sulfide) groups is 1. The second-order valence-electron chi connectivity index (χ2n) is 8.51. The highest BCUT2D eigenvalue weighted by Gasteiger charge is 2.21. The number of hydrogen-bond donors (Lipinski definition) is 1. The van der Waals surface area contributed by atoms with Crippen molar-refractivity contribution < 1.29 is 14.0 Å². The number of benzene rings is 1. The smallest absolute Gasteiger partial charge is 0.286 e. The predicted octanol–water partition coefficient (Wildman–Crippen LogP) is 5.92. The van der Waals surface area contributed by atoms with E-state index in [4.69, 9.17) is 9.40 Å². The maximum absolute atomic E-state index is 13.5. The summed E-state index contributed by atoms with van der Waals surface area (Å²) in [6.07, 6.45) is 1.67. The quantitative estimate of drug-likeness (QED) is 0.359. The molecule has 0 saturated carbocycles. The molecule has 1 aromatic carbocycles. The van der Waals surface area contributed by atoms with Crippen LogP contribution in [0.1, 0.15) is 41.8 Å². The lowest BCUT2D eigenvalue weighted by Crippen LogP contribution is -2.17. The number of rotatable bonds is 5. The molecule has 0 bridgehead atoms. The summed E-state index contributed by atoms with van der Waals surface area (Å²) in [5, 5.41) is 7.99. The van der Waals surface area contributed by atoms with Crippen LogP contribution >= 0.6 is 11.8 Å². The standard InChI is InChI=1S/C25H27N5O3S/c1-14(2)30-23-19(13-26-30)18(12-21(27-23)17-11-15(3)33-16(17)4)24(31)28-20-9-7-8-10-22(20)34-25(32)29(5)6/h7-14H,1-6H3,(H,28,31). The molecule has 0 atom stereocenters. The van der Waals surface area contributed by atoms with E-state index in [1.165, 1.54) is 4.90 Å². The van der Waals surface area contributed by atoms with Crippen molar-refractivity contribution in [1.29, 1.82) is 0 Å². The molecule has 0 fully saturated rings. The third kappa shape index (κ3) is 4.56. The predicted molar refractivity (Wildman–Crippen MR) is 134 cm³/mol. The Balaban J connectivity index is 1.79. The zero-order valence-corrected chi connectivity index (χ0v) is 20.9. The number of fused-ring (bicyclic) bond motifs is 1. The lowest BCUT2D eigenvalue weighted by atomic mass is 10.1. The largest absolute Gasteiger partial charge is 0.466 e. The zero-order valence-electron chi connectivity index (χ0n) is 20.0. The molecule has 0 saturated heterocycles. The summed E-state index contributed by atoms with van der Waals surface area (Å²) in [7, 11) is 3.38. The highest BCUT2D eigenvalue weighted by Crippen LogP contribution is 2.32. The Bertz CT molecular complexity index is 1390. The number of aromatic nitrogens is 3. The van der Waals surface area contributed by atoms with E-state index in [1.54, 1.807) is 37.1 Å². The normalized spacial score (nSPS) is 11.3. The number of pyridine rings is 1. The van der Waals surface area contributed by atoms with Gasteiger partial charge in [0.05, 0.1) is 28.5 Å². The van der Waals surface area contributed by atoms with E-state index in [2.05, 4.69) is 10.4 Å². The summed E-state index contributed by atoms with van der Waals surface area (Å²) >= 11 is 1.06. The van der Waals surface area contributed by atoms with Crippen molar-refractivity contribution in [2.45, 2.75) is 38.6 Å². The van der Waals surface area contributed by atoms with Gasteiger partial charge in [-0.3, -0.25) is 9.59 Å². The lowest BCUT2D eigenvalue weighted by Gasteiger charge is -2.14. The molecule has 3 aromatic heterocycles. The van der Waals surface area contributed by atoms with E-state index in [1.807, 2.05) is 52.0 Å². The molecule has 3 heterocycles. The van der Waals surface area contributed by atoms with Crippen LogP contribution in [0.3, 0.4) is 0 Å². The second kappa shape index (κ2) is 9.34. The molecule has 0 spiro atoms. The maximum atomic E-state index is 13.5. The molecule has 8 nitrogen and oxygen atoms in total. The molecule has 34 heavy (non-hydrogen) atoms. The van der Waals surface area contributed by atoms with Crippen molar-refractivity contribution >= 4 is 39.6 Å². The van der Waals surface area contributed by atoms with Crippen LogP contribution in [0, 0.1) is 13.8 Å². The first-order valence-electron chi connectivity index (χ1n) is 10.9. The van der Waals surface area contributed by atoms with Crippen molar-refractivity contribution in [2.75, 3.05) is 19.4 Å². The van der Waals surface area contributed by atoms with E-state index in [-0.39, 0.29) is 17.2 Å². The first kappa shape index (κ1) is 23.6. The van der Waals surface area contributed by atoms with Gasteiger partial charge in [0, 0.05) is 30.6 Å². The van der Waals surface area contributed by atoms with E-state index in [9.17, 15) is 9.59 Å². The van der Waals surface area contributed by atoms with Gasteiger partial charge in [-0.05, 0) is 63.7 Å². The molecule has 4 rings (SSSR count). The first-order chi connectivity index (χ1) is 16.2. The fourth-order valence-electron chi connectivity index (χ4n) is 3.64. The number of carbonyl (C=O) groups is 2. The van der Waals surface area contributed by atoms with Gasteiger partial charge < -0.3 is 14.6 Å². The van der Waals surface area contributed by atoms with Crippen LogP contribution in [0.2, 0.25) is 0 Å². The third-order valence-electron chi connectivity index (χ3n) is 5.32. The summed E-state index contributed by atoms with van der Waals surface area (Å²) in [6.45, 7) is 7.79.